The Bertz CT molecular complexity index is 630. The second-order valence-corrected chi connectivity index (χ2v) is 6.49. The zero-order valence-corrected chi connectivity index (χ0v) is 13.6. The van der Waals surface area contributed by atoms with Gasteiger partial charge in [-0.2, -0.15) is 0 Å². The molecule has 0 bridgehead atoms. The van der Waals surface area contributed by atoms with Crippen LogP contribution in [0, 0.1) is 6.92 Å². The van der Waals surface area contributed by atoms with Crippen LogP contribution in [0.2, 0.25) is 0 Å². The molecule has 4 nitrogen and oxygen atoms in total. The molecule has 1 aromatic carbocycles. The summed E-state index contributed by atoms with van der Waals surface area (Å²) < 4.78 is 5.71. The molecule has 22 heavy (non-hydrogen) atoms. The minimum Gasteiger partial charge on any atom is -0.486 e. The number of benzene rings is 1. The lowest BCUT2D eigenvalue weighted by Crippen LogP contribution is -2.35. The van der Waals surface area contributed by atoms with Crippen molar-refractivity contribution < 1.29 is 9.53 Å². The van der Waals surface area contributed by atoms with E-state index in [-0.39, 0.29) is 5.91 Å². The number of likely N-dealkylation sites (tertiary alicyclic amines) is 1. The zero-order valence-electron chi connectivity index (χ0n) is 12.7. The standard InChI is InChI=1S/C17H20N2O2S/c1-13-12-22-16(18-13)11-21-15-7-5-14(6-8-15)17(20)19-9-3-2-4-10-19/h5-8,12H,2-4,9-11H2,1H3. The quantitative estimate of drug-likeness (QED) is 0.864. The first-order valence-electron chi connectivity index (χ1n) is 7.65. The van der Waals surface area contributed by atoms with Gasteiger partial charge in [0.2, 0.25) is 0 Å². The molecule has 116 valence electrons. The molecular formula is C17H20N2O2S. The lowest BCUT2D eigenvalue weighted by molar-refractivity contribution is 0.0724. The van der Waals surface area contributed by atoms with Gasteiger partial charge in [-0.15, -0.1) is 11.3 Å². The number of carbonyl (C=O) groups excluding carboxylic acids is 1. The van der Waals surface area contributed by atoms with Crippen LogP contribution in [0.4, 0.5) is 0 Å². The van der Waals surface area contributed by atoms with Crippen molar-refractivity contribution in [2.24, 2.45) is 0 Å². The molecule has 2 heterocycles. The number of thiazole rings is 1. The first-order chi connectivity index (χ1) is 10.7. The van der Waals surface area contributed by atoms with Crippen molar-refractivity contribution in [3.63, 3.8) is 0 Å². The van der Waals surface area contributed by atoms with E-state index >= 15 is 0 Å². The second kappa shape index (κ2) is 6.92. The SMILES string of the molecule is Cc1csc(COc2ccc(C(=O)N3CCCCC3)cc2)n1. The van der Waals surface area contributed by atoms with E-state index in [1.165, 1.54) is 6.42 Å². The van der Waals surface area contributed by atoms with Gasteiger partial charge in [0.1, 0.15) is 17.4 Å². The third-order valence-corrected chi connectivity index (χ3v) is 4.71. The fraction of sp³-hybridized carbons (Fsp3) is 0.412. The van der Waals surface area contributed by atoms with E-state index in [1.807, 2.05) is 41.5 Å². The molecule has 1 saturated heterocycles. The van der Waals surface area contributed by atoms with Gasteiger partial charge in [-0.3, -0.25) is 4.79 Å². The number of piperidine rings is 1. The molecule has 0 unspecified atom stereocenters. The number of carbonyl (C=O) groups is 1. The normalized spacial score (nSPS) is 14.9. The smallest absolute Gasteiger partial charge is 0.253 e. The summed E-state index contributed by atoms with van der Waals surface area (Å²) >= 11 is 1.60. The highest BCUT2D eigenvalue weighted by molar-refractivity contribution is 7.09. The molecular weight excluding hydrogens is 296 g/mol. The molecule has 2 aromatic rings. The van der Waals surface area contributed by atoms with Crippen molar-refractivity contribution in [2.75, 3.05) is 13.1 Å². The number of hydrogen-bond acceptors (Lipinski definition) is 4. The fourth-order valence-corrected chi connectivity index (χ4v) is 3.27. The van der Waals surface area contributed by atoms with Gasteiger partial charge in [-0.25, -0.2) is 4.98 Å². The molecule has 0 aliphatic carbocycles. The first-order valence-corrected chi connectivity index (χ1v) is 8.53. The largest absolute Gasteiger partial charge is 0.486 e. The highest BCUT2D eigenvalue weighted by atomic mass is 32.1. The molecule has 1 aliphatic heterocycles. The van der Waals surface area contributed by atoms with Crippen molar-refractivity contribution >= 4 is 17.2 Å². The molecule has 1 aromatic heterocycles. The second-order valence-electron chi connectivity index (χ2n) is 5.55. The lowest BCUT2D eigenvalue weighted by Gasteiger charge is -2.26. The van der Waals surface area contributed by atoms with Crippen LogP contribution in [-0.2, 0) is 6.61 Å². The number of aryl methyl sites for hydroxylation is 1. The molecule has 0 saturated carbocycles. The summed E-state index contributed by atoms with van der Waals surface area (Å²) in [5.41, 5.74) is 1.76. The third kappa shape index (κ3) is 3.65. The molecule has 0 spiro atoms. The monoisotopic (exact) mass is 316 g/mol. The van der Waals surface area contributed by atoms with Gasteiger partial charge in [-0.05, 0) is 50.5 Å². The Morgan fingerprint density at radius 2 is 1.95 bits per heavy atom. The van der Waals surface area contributed by atoms with Crippen LogP contribution < -0.4 is 4.74 Å². The highest BCUT2D eigenvalue weighted by Crippen LogP contribution is 2.18. The van der Waals surface area contributed by atoms with Crippen LogP contribution in [0.3, 0.4) is 0 Å². The average Bonchev–Trinajstić information content (AvgIpc) is 2.99. The third-order valence-electron chi connectivity index (χ3n) is 3.77. The van der Waals surface area contributed by atoms with Gasteiger partial charge >= 0.3 is 0 Å². The van der Waals surface area contributed by atoms with Crippen LogP contribution in [0.1, 0.15) is 40.3 Å². The van der Waals surface area contributed by atoms with Crippen LogP contribution in [0.15, 0.2) is 29.6 Å². The summed E-state index contributed by atoms with van der Waals surface area (Å²) in [4.78, 5) is 18.7. The highest BCUT2D eigenvalue weighted by Gasteiger charge is 2.17. The molecule has 0 N–H and O–H groups in total. The van der Waals surface area contributed by atoms with Gasteiger partial charge in [0.15, 0.2) is 0 Å². The van der Waals surface area contributed by atoms with Gasteiger partial charge in [0.05, 0.1) is 0 Å². The zero-order chi connectivity index (χ0) is 15.4. The van der Waals surface area contributed by atoms with Gasteiger partial charge in [0.25, 0.3) is 5.91 Å². The van der Waals surface area contributed by atoms with Gasteiger partial charge in [-0.1, -0.05) is 0 Å². The molecule has 1 aliphatic rings. The maximum Gasteiger partial charge on any atom is 0.253 e. The minimum atomic E-state index is 0.127. The van der Waals surface area contributed by atoms with Crippen molar-refractivity contribution in [3.8, 4) is 5.75 Å². The number of nitrogens with zero attached hydrogens (tertiary/aromatic N) is 2. The summed E-state index contributed by atoms with van der Waals surface area (Å²) in [6.45, 7) is 4.19. The lowest BCUT2D eigenvalue weighted by atomic mass is 10.1. The predicted octanol–water partition coefficient (Wildman–Crippen LogP) is 3.66. The van der Waals surface area contributed by atoms with E-state index in [0.717, 1.165) is 47.9 Å². The average molecular weight is 316 g/mol. The Morgan fingerprint density at radius 1 is 1.23 bits per heavy atom. The topological polar surface area (TPSA) is 42.4 Å². The number of ether oxygens (including phenoxy) is 1. The van der Waals surface area contributed by atoms with Crippen molar-refractivity contribution in [3.05, 3.63) is 45.9 Å². The number of rotatable bonds is 4. The van der Waals surface area contributed by atoms with Gasteiger partial charge in [0, 0.05) is 29.7 Å². The maximum atomic E-state index is 12.4. The van der Waals surface area contributed by atoms with Crippen LogP contribution >= 0.6 is 11.3 Å². The summed E-state index contributed by atoms with van der Waals surface area (Å²) in [5.74, 6) is 0.893. The molecule has 5 heteroatoms. The fourth-order valence-electron chi connectivity index (χ4n) is 2.59. The van der Waals surface area contributed by atoms with E-state index in [2.05, 4.69) is 4.98 Å². The van der Waals surface area contributed by atoms with Crippen molar-refractivity contribution in [2.45, 2.75) is 32.8 Å². The molecule has 3 rings (SSSR count). The summed E-state index contributed by atoms with van der Waals surface area (Å²) in [6.07, 6.45) is 3.45. The maximum absolute atomic E-state index is 12.4. The first kappa shape index (κ1) is 15.0. The van der Waals surface area contributed by atoms with Crippen LogP contribution in [-0.4, -0.2) is 28.9 Å². The Kier molecular flexibility index (Phi) is 4.73. The predicted molar refractivity (Wildman–Crippen MR) is 87.4 cm³/mol. The van der Waals surface area contributed by atoms with E-state index in [4.69, 9.17) is 4.74 Å². The molecule has 0 atom stereocenters. The Labute approximate surface area is 134 Å². The molecule has 1 amide bonds. The Morgan fingerprint density at radius 3 is 2.59 bits per heavy atom. The van der Waals surface area contributed by atoms with Crippen LogP contribution in [0.25, 0.3) is 0 Å². The Balaban J connectivity index is 1.58. The number of hydrogen-bond donors (Lipinski definition) is 0. The van der Waals surface area contributed by atoms with Gasteiger partial charge < -0.3 is 9.64 Å². The number of aromatic nitrogens is 1. The van der Waals surface area contributed by atoms with Crippen molar-refractivity contribution in [1.29, 1.82) is 0 Å². The van der Waals surface area contributed by atoms with E-state index in [9.17, 15) is 4.79 Å². The van der Waals surface area contributed by atoms with E-state index in [1.54, 1.807) is 11.3 Å². The van der Waals surface area contributed by atoms with E-state index < -0.39 is 0 Å². The van der Waals surface area contributed by atoms with Crippen molar-refractivity contribution in [1.82, 2.24) is 9.88 Å². The molecule has 1 fully saturated rings. The summed E-state index contributed by atoms with van der Waals surface area (Å²) in [7, 11) is 0. The summed E-state index contributed by atoms with van der Waals surface area (Å²) in [5, 5.41) is 2.98. The van der Waals surface area contributed by atoms with E-state index in [0.29, 0.717) is 6.61 Å². The minimum absolute atomic E-state index is 0.127. The molecule has 0 radical (unpaired) electrons. The summed E-state index contributed by atoms with van der Waals surface area (Å²) in [6, 6.07) is 7.41. The number of amides is 1. The van der Waals surface area contributed by atoms with Crippen LogP contribution in [0.5, 0.6) is 5.75 Å². The Hall–Kier alpha value is -1.88.